The van der Waals surface area contributed by atoms with Gasteiger partial charge in [-0.2, -0.15) is 10.2 Å². The molecular formula is C16H11BrClFN4O2. The standard InChI is InChI=1S/C16H11BrClFN4O2/c17-10-6-21-23(8-10)9-11-4-5-15(25-11)16(24)22-20-7-12-13(18)2-1-3-14(12)19/h1-8H,9H2,(H,22,24)/b20-7-. The van der Waals surface area contributed by atoms with Crippen LogP contribution in [0.5, 0.6) is 0 Å². The molecule has 0 unspecified atom stereocenters. The summed E-state index contributed by atoms with van der Waals surface area (Å²) in [5.74, 6) is -0.451. The molecule has 0 aliphatic heterocycles. The first-order valence-electron chi connectivity index (χ1n) is 7.07. The van der Waals surface area contributed by atoms with Crippen molar-refractivity contribution in [3.05, 3.63) is 75.1 Å². The van der Waals surface area contributed by atoms with E-state index in [0.29, 0.717) is 12.3 Å². The third-order valence-electron chi connectivity index (χ3n) is 3.16. The Labute approximate surface area is 155 Å². The molecule has 1 aromatic carbocycles. The number of aromatic nitrogens is 2. The van der Waals surface area contributed by atoms with E-state index in [1.54, 1.807) is 23.1 Å². The van der Waals surface area contributed by atoms with E-state index in [1.165, 1.54) is 24.3 Å². The molecule has 0 atom stereocenters. The lowest BCUT2D eigenvalue weighted by molar-refractivity contribution is 0.0925. The van der Waals surface area contributed by atoms with E-state index in [9.17, 15) is 9.18 Å². The van der Waals surface area contributed by atoms with E-state index in [0.717, 1.165) is 10.7 Å². The van der Waals surface area contributed by atoms with Crippen LogP contribution < -0.4 is 5.43 Å². The van der Waals surface area contributed by atoms with Crippen molar-refractivity contribution < 1.29 is 13.6 Å². The fraction of sp³-hybridized carbons (Fsp3) is 0.0625. The molecule has 128 valence electrons. The molecule has 25 heavy (non-hydrogen) atoms. The molecule has 0 bridgehead atoms. The van der Waals surface area contributed by atoms with Crippen LogP contribution in [0.25, 0.3) is 0 Å². The topological polar surface area (TPSA) is 72.4 Å². The highest BCUT2D eigenvalue weighted by atomic mass is 79.9. The molecule has 0 saturated heterocycles. The molecule has 6 nitrogen and oxygen atoms in total. The van der Waals surface area contributed by atoms with Gasteiger partial charge in [-0.05, 0) is 40.2 Å². The first-order valence-corrected chi connectivity index (χ1v) is 8.24. The highest BCUT2D eigenvalue weighted by Gasteiger charge is 2.11. The molecule has 0 radical (unpaired) electrons. The number of carbonyl (C=O) groups is 1. The average molecular weight is 426 g/mol. The van der Waals surface area contributed by atoms with Crippen LogP contribution in [-0.4, -0.2) is 21.9 Å². The molecule has 2 aromatic heterocycles. The zero-order valence-electron chi connectivity index (χ0n) is 12.6. The molecule has 0 spiro atoms. The van der Waals surface area contributed by atoms with Gasteiger partial charge >= 0.3 is 5.91 Å². The third-order valence-corrected chi connectivity index (χ3v) is 3.90. The molecule has 0 aliphatic carbocycles. The maximum Gasteiger partial charge on any atom is 0.307 e. The van der Waals surface area contributed by atoms with Gasteiger partial charge in [0.1, 0.15) is 11.6 Å². The normalized spacial score (nSPS) is 11.2. The Morgan fingerprint density at radius 1 is 1.44 bits per heavy atom. The summed E-state index contributed by atoms with van der Waals surface area (Å²) in [6, 6.07) is 7.45. The van der Waals surface area contributed by atoms with Crippen LogP contribution in [0, 0.1) is 5.82 Å². The Balaban J connectivity index is 1.63. The summed E-state index contributed by atoms with van der Waals surface area (Å²) >= 11 is 9.17. The second-order valence-electron chi connectivity index (χ2n) is 4.96. The number of nitrogens with zero attached hydrogens (tertiary/aromatic N) is 3. The van der Waals surface area contributed by atoms with Gasteiger partial charge in [0.25, 0.3) is 0 Å². The lowest BCUT2D eigenvalue weighted by atomic mass is 10.2. The summed E-state index contributed by atoms with van der Waals surface area (Å²) < 4.78 is 21.5. The summed E-state index contributed by atoms with van der Waals surface area (Å²) in [6.07, 6.45) is 4.57. The van der Waals surface area contributed by atoms with Crippen LogP contribution in [0.2, 0.25) is 5.02 Å². The number of halogens is 3. The number of furan rings is 1. The summed E-state index contributed by atoms with van der Waals surface area (Å²) in [5, 5.41) is 8.00. The number of rotatable bonds is 5. The van der Waals surface area contributed by atoms with E-state index >= 15 is 0 Å². The van der Waals surface area contributed by atoms with Crippen LogP contribution in [0.15, 0.2) is 56.7 Å². The number of benzene rings is 1. The van der Waals surface area contributed by atoms with Crippen molar-refractivity contribution in [1.82, 2.24) is 15.2 Å². The van der Waals surface area contributed by atoms with Gasteiger partial charge in [-0.3, -0.25) is 9.48 Å². The minimum absolute atomic E-state index is 0.0815. The van der Waals surface area contributed by atoms with Crippen molar-refractivity contribution in [1.29, 1.82) is 0 Å². The van der Waals surface area contributed by atoms with Crippen molar-refractivity contribution in [3.8, 4) is 0 Å². The first kappa shape index (κ1) is 17.4. The van der Waals surface area contributed by atoms with Gasteiger partial charge in [0.15, 0.2) is 5.76 Å². The van der Waals surface area contributed by atoms with E-state index in [-0.39, 0.29) is 16.3 Å². The average Bonchev–Trinajstić information content (AvgIpc) is 3.20. The quantitative estimate of drug-likeness (QED) is 0.499. The molecular weight excluding hydrogens is 415 g/mol. The second-order valence-corrected chi connectivity index (χ2v) is 6.28. The van der Waals surface area contributed by atoms with Gasteiger partial charge in [0.2, 0.25) is 0 Å². The van der Waals surface area contributed by atoms with E-state index in [2.05, 4.69) is 31.6 Å². The van der Waals surface area contributed by atoms with Crippen LogP contribution in [0.3, 0.4) is 0 Å². The zero-order chi connectivity index (χ0) is 17.8. The smallest absolute Gasteiger partial charge is 0.307 e. The first-order chi connectivity index (χ1) is 12.0. The number of amides is 1. The predicted octanol–water partition coefficient (Wildman–Crippen LogP) is 3.84. The molecule has 0 saturated carbocycles. The minimum Gasteiger partial charge on any atom is -0.454 e. The number of nitrogens with one attached hydrogen (secondary N) is 1. The summed E-state index contributed by atoms with van der Waals surface area (Å²) in [7, 11) is 0. The fourth-order valence-corrected chi connectivity index (χ4v) is 2.55. The van der Waals surface area contributed by atoms with Crippen LogP contribution in [-0.2, 0) is 6.54 Å². The van der Waals surface area contributed by atoms with Gasteiger partial charge in [-0.25, -0.2) is 9.82 Å². The molecule has 1 N–H and O–H groups in total. The van der Waals surface area contributed by atoms with Crippen LogP contribution >= 0.6 is 27.5 Å². The largest absolute Gasteiger partial charge is 0.454 e. The lowest BCUT2D eigenvalue weighted by Crippen LogP contribution is -2.17. The maximum atomic E-state index is 13.6. The second kappa shape index (κ2) is 7.62. The third kappa shape index (κ3) is 4.34. The van der Waals surface area contributed by atoms with E-state index < -0.39 is 11.7 Å². The highest BCUT2D eigenvalue weighted by Crippen LogP contribution is 2.16. The van der Waals surface area contributed by atoms with Crippen molar-refractivity contribution >= 4 is 39.7 Å². The van der Waals surface area contributed by atoms with Gasteiger partial charge in [0, 0.05) is 11.8 Å². The number of hydrazone groups is 1. The Kier molecular flexibility index (Phi) is 5.30. The molecule has 9 heteroatoms. The Hall–Kier alpha value is -2.45. The number of hydrogen-bond donors (Lipinski definition) is 1. The summed E-state index contributed by atoms with van der Waals surface area (Å²) in [6.45, 7) is 0.382. The van der Waals surface area contributed by atoms with Crippen LogP contribution in [0.4, 0.5) is 4.39 Å². The molecule has 1 amide bonds. The van der Waals surface area contributed by atoms with E-state index in [4.69, 9.17) is 16.0 Å². The Bertz CT molecular complexity index is 918. The zero-order valence-corrected chi connectivity index (χ0v) is 15.0. The fourth-order valence-electron chi connectivity index (χ4n) is 2.01. The van der Waals surface area contributed by atoms with Crippen molar-refractivity contribution in [2.45, 2.75) is 6.54 Å². The maximum absolute atomic E-state index is 13.6. The highest BCUT2D eigenvalue weighted by molar-refractivity contribution is 9.10. The summed E-state index contributed by atoms with van der Waals surface area (Å²) in [5.41, 5.74) is 2.36. The molecule has 0 fully saturated rings. The van der Waals surface area contributed by atoms with Crippen molar-refractivity contribution in [2.24, 2.45) is 5.10 Å². The van der Waals surface area contributed by atoms with Gasteiger partial charge in [-0.1, -0.05) is 17.7 Å². The van der Waals surface area contributed by atoms with Crippen molar-refractivity contribution in [2.75, 3.05) is 0 Å². The lowest BCUT2D eigenvalue weighted by Gasteiger charge is -2.00. The summed E-state index contributed by atoms with van der Waals surface area (Å²) in [4.78, 5) is 12.0. The SMILES string of the molecule is O=C(N/N=C\c1c(F)cccc1Cl)c1ccc(Cn2cc(Br)cn2)o1. The van der Waals surface area contributed by atoms with E-state index in [1.807, 2.05) is 0 Å². The molecule has 2 heterocycles. The minimum atomic E-state index is -0.559. The Morgan fingerprint density at radius 2 is 2.28 bits per heavy atom. The number of carbonyl (C=O) groups excluding carboxylic acids is 1. The Morgan fingerprint density at radius 3 is 3.00 bits per heavy atom. The van der Waals surface area contributed by atoms with Crippen LogP contribution in [0.1, 0.15) is 21.9 Å². The monoisotopic (exact) mass is 424 g/mol. The van der Waals surface area contributed by atoms with Gasteiger partial charge < -0.3 is 4.42 Å². The van der Waals surface area contributed by atoms with Gasteiger partial charge in [0.05, 0.1) is 28.5 Å². The molecule has 0 aliphatic rings. The van der Waals surface area contributed by atoms with Crippen molar-refractivity contribution in [3.63, 3.8) is 0 Å². The van der Waals surface area contributed by atoms with Gasteiger partial charge in [-0.15, -0.1) is 0 Å². The molecule has 3 aromatic rings. The molecule has 3 rings (SSSR count). The predicted molar refractivity (Wildman–Crippen MR) is 94.2 cm³/mol. The number of hydrogen-bond acceptors (Lipinski definition) is 4.